The Balaban J connectivity index is 2.25. The number of hydrogen-bond donors (Lipinski definition) is 2. The zero-order chi connectivity index (χ0) is 11.8. The molecule has 2 aliphatic rings. The van der Waals surface area contributed by atoms with Crippen LogP contribution >= 0.6 is 0 Å². The first-order chi connectivity index (χ1) is 7.55. The minimum absolute atomic E-state index is 0.540. The molecule has 1 unspecified atom stereocenters. The number of hydrogen-bond acceptors (Lipinski definition) is 4. The third-order valence-corrected chi connectivity index (χ3v) is 3.57. The van der Waals surface area contributed by atoms with E-state index in [2.05, 4.69) is 23.3 Å². The molecular formula is C12H21N3O. The van der Waals surface area contributed by atoms with Crippen LogP contribution in [0.3, 0.4) is 0 Å². The highest BCUT2D eigenvalue weighted by atomic mass is 16.5. The summed E-state index contributed by atoms with van der Waals surface area (Å²) in [4.78, 5) is 2.34. The third-order valence-electron chi connectivity index (χ3n) is 3.57. The van der Waals surface area contributed by atoms with Crippen LogP contribution in [0.5, 0.6) is 0 Å². The van der Waals surface area contributed by atoms with Gasteiger partial charge in [-0.15, -0.1) is 0 Å². The summed E-state index contributed by atoms with van der Waals surface area (Å²) in [7, 11) is 3.84. The second-order valence-corrected chi connectivity index (χ2v) is 4.77. The SMILES string of the molecule is COC1(C)NC2=C(C=C1N)CCN(C)CC2. The summed E-state index contributed by atoms with van der Waals surface area (Å²) < 4.78 is 5.46. The Labute approximate surface area is 97.1 Å². The number of dihydropyridines is 1. The lowest BCUT2D eigenvalue weighted by Gasteiger charge is -2.36. The van der Waals surface area contributed by atoms with Gasteiger partial charge in [0.1, 0.15) is 0 Å². The number of allylic oxidation sites excluding steroid dienone is 1. The second-order valence-electron chi connectivity index (χ2n) is 4.77. The molecule has 0 radical (unpaired) electrons. The van der Waals surface area contributed by atoms with Crippen molar-refractivity contribution in [3.63, 3.8) is 0 Å². The van der Waals surface area contributed by atoms with Gasteiger partial charge in [-0.1, -0.05) is 0 Å². The first kappa shape index (κ1) is 11.5. The summed E-state index contributed by atoms with van der Waals surface area (Å²) in [6.45, 7) is 4.14. The molecule has 90 valence electrons. The summed E-state index contributed by atoms with van der Waals surface area (Å²) in [6.07, 6.45) is 4.17. The molecule has 2 rings (SSSR count). The van der Waals surface area contributed by atoms with Gasteiger partial charge in [0.2, 0.25) is 0 Å². The first-order valence-corrected chi connectivity index (χ1v) is 5.77. The van der Waals surface area contributed by atoms with Crippen molar-refractivity contribution in [3.05, 3.63) is 23.0 Å². The second kappa shape index (κ2) is 4.11. The van der Waals surface area contributed by atoms with E-state index in [4.69, 9.17) is 10.5 Å². The fourth-order valence-electron chi connectivity index (χ4n) is 2.19. The number of nitrogens with zero attached hydrogens (tertiary/aromatic N) is 1. The fraction of sp³-hybridized carbons (Fsp3) is 0.667. The Morgan fingerprint density at radius 2 is 2.12 bits per heavy atom. The predicted molar refractivity (Wildman–Crippen MR) is 64.6 cm³/mol. The monoisotopic (exact) mass is 223 g/mol. The van der Waals surface area contributed by atoms with Crippen LogP contribution in [-0.4, -0.2) is 37.9 Å². The van der Waals surface area contributed by atoms with Gasteiger partial charge in [-0.2, -0.15) is 0 Å². The van der Waals surface area contributed by atoms with Crippen LogP contribution in [0.25, 0.3) is 0 Å². The lowest BCUT2D eigenvalue weighted by Crippen LogP contribution is -2.50. The van der Waals surface area contributed by atoms with Gasteiger partial charge in [0.15, 0.2) is 5.72 Å². The molecule has 0 aromatic heterocycles. The molecule has 1 atom stereocenters. The van der Waals surface area contributed by atoms with E-state index < -0.39 is 5.72 Å². The third kappa shape index (κ3) is 1.95. The van der Waals surface area contributed by atoms with Gasteiger partial charge in [0, 0.05) is 32.3 Å². The number of rotatable bonds is 1. The molecule has 0 saturated carbocycles. The van der Waals surface area contributed by atoms with Crippen LogP contribution in [-0.2, 0) is 4.74 Å². The van der Waals surface area contributed by atoms with Crippen molar-refractivity contribution in [1.82, 2.24) is 10.2 Å². The van der Waals surface area contributed by atoms with Crippen molar-refractivity contribution in [1.29, 1.82) is 0 Å². The van der Waals surface area contributed by atoms with Gasteiger partial charge in [-0.05, 0) is 32.0 Å². The highest BCUT2D eigenvalue weighted by Gasteiger charge is 2.32. The number of methoxy groups -OCH3 is 1. The van der Waals surface area contributed by atoms with Crippen molar-refractivity contribution in [2.24, 2.45) is 5.73 Å². The molecule has 2 heterocycles. The summed E-state index contributed by atoms with van der Waals surface area (Å²) in [5, 5.41) is 3.43. The van der Waals surface area contributed by atoms with Crippen molar-refractivity contribution in [2.45, 2.75) is 25.5 Å². The normalized spacial score (nSPS) is 31.6. The largest absolute Gasteiger partial charge is 0.398 e. The average molecular weight is 223 g/mol. The first-order valence-electron chi connectivity index (χ1n) is 5.77. The van der Waals surface area contributed by atoms with Gasteiger partial charge < -0.3 is 20.7 Å². The zero-order valence-corrected chi connectivity index (χ0v) is 10.3. The van der Waals surface area contributed by atoms with Crippen LogP contribution in [0.4, 0.5) is 0 Å². The molecule has 3 N–H and O–H groups in total. The van der Waals surface area contributed by atoms with E-state index in [9.17, 15) is 0 Å². The molecule has 0 saturated heterocycles. The number of ether oxygens (including phenoxy) is 1. The highest BCUT2D eigenvalue weighted by molar-refractivity contribution is 5.37. The molecule has 2 aliphatic heterocycles. The minimum Gasteiger partial charge on any atom is -0.398 e. The molecule has 4 heteroatoms. The molecule has 0 amide bonds. The summed E-state index contributed by atoms with van der Waals surface area (Å²) in [5.41, 5.74) is 8.88. The lowest BCUT2D eigenvalue weighted by atomic mass is 9.98. The number of nitrogens with two attached hydrogens (primary N) is 1. The van der Waals surface area contributed by atoms with Crippen molar-refractivity contribution in [2.75, 3.05) is 27.2 Å². The molecule has 16 heavy (non-hydrogen) atoms. The summed E-state index contributed by atoms with van der Waals surface area (Å²) >= 11 is 0. The molecule has 0 bridgehead atoms. The van der Waals surface area contributed by atoms with E-state index in [-0.39, 0.29) is 0 Å². The Kier molecular flexibility index (Phi) is 2.95. The maximum absolute atomic E-state index is 6.04. The molecular weight excluding hydrogens is 202 g/mol. The van der Waals surface area contributed by atoms with Gasteiger partial charge in [0.25, 0.3) is 0 Å². The highest BCUT2D eigenvalue weighted by Crippen LogP contribution is 2.28. The average Bonchev–Trinajstić information content (AvgIpc) is 2.43. The minimum atomic E-state index is -0.540. The van der Waals surface area contributed by atoms with Gasteiger partial charge in [-0.25, -0.2) is 0 Å². The van der Waals surface area contributed by atoms with E-state index in [1.54, 1.807) is 7.11 Å². The summed E-state index contributed by atoms with van der Waals surface area (Å²) in [6, 6.07) is 0. The molecule has 0 aromatic carbocycles. The van der Waals surface area contributed by atoms with Crippen molar-refractivity contribution in [3.8, 4) is 0 Å². The summed E-state index contributed by atoms with van der Waals surface area (Å²) in [5.74, 6) is 0. The van der Waals surface area contributed by atoms with E-state index in [1.165, 1.54) is 11.3 Å². The Morgan fingerprint density at radius 3 is 2.81 bits per heavy atom. The zero-order valence-electron chi connectivity index (χ0n) is 10.3. The van der Waals surface area contributed by atoms with Crippen LogP contribution in [0, 0.1) is 0 Å². The maximum atomic E-state index is 6.04. The lowest BCUT2D eigenvalue weighted by molar-refractivity contribution is 0.0131. The smallest absolute Gasteiger partial charge is 0.175 e. The molecule has 0 spiro atoms. The van der Waals surface area contributed by atoms with Crippen molar-refractivity contribution < 1.29 is 4.74 Å². The Bertz CT molecular complexity index is 348. The van der Waals surface area contributed by atoms with E-state index in [0.717, 1.165) is 31.6 Å². The van der Waals surface area contributed by atoms with Crippen LogP contribution < -0.4 is 11.1 Å². The molecule has 0 aliphatic carbocycles. The maximum Gasteiger partial charge on any atom is 0.175 e. The topological polar surface area (TPSA) is 50.5 Å². The predicted octanol–water partition coefficient (Wildman–Crippen LogP) is 0.775. The van der Waals surface area contributed by atoms with E-state index in [0.29, 0.717) is 0 Å². The van der Waals surface area contributed by atoms with E-state index in [1.807, 2.05) is 6.92 Å². The molecule has 0 fully saturated rings. The van der Waals surface area contributed by atoms with Crippen LogP contribution in [0.2, 0.25) is 0 Å². The molecule has 0 aromatic rings. The fourth-order valence-corrected chi connectivity index (χ4v) is 2.19. The van der Waals surface area contributed by atoms with Gasteiger partial charge in [0.05, 0.1) is 5.70 Å². The van der Waals surface area contributed by atoms with Gasteiger partial charge >= 0.3 is 0 Å². The van der Waals surface area contributed by atoms with E-state index >= 15 is 0 Å². The van der Waals surface area contributed by atoms with Crippen LogP contribution in [0.1, 0.15) is 19.8 Å². The molecule has 4 nitrogen and oxygen atoms in total. The van der Waals surface area contributed by atoms with Crippen LogP contribution in [0.15, 0.2) is 23.0 Å². The Hall–Kier alpha value is -1.00. The number of nitrogens with one attached hydrogen (secondary N) is 1. The van der Waals surface area contributed by atoms with Crippen molar-refractivity contribution >= 4 is 0 Å². The Morgan fingerprint density at radius 1 is 1.44 bits per heavy atom. The van der Waals surface area contributed by atoms with Gasteiger partial charge in [-0.3, -0.25) is 0 Å². The quantitative estimate of drug-likeness (QED) is 0.689. The standard InChI is InChI=1S/C12H21N3O/c1-12(16-3)11(13)8-9-4-6-15(2)7-5-10(9)14-12/h8,14H,4-7,13H2,1-3H3.